The van der Waals surface area contributed by atoms with Crippen molar-refractivity contribution in [1.82, 2.24) is 0 Å². The molecule has 0 bridgehead atoms. The number of benzene rings is 1. The van der Waals surface area contributed by atoms with Crippen LogP contribution in [0.5, 0.6) is 0 Å². The van der Waals surface area contributed by atoms with Crippen LogP contribution in [0.2, 0.25) is 0 Å². The first-order valence-corrected chi connectivity index (χ1v) is 5.28. The molecule has 0 atom stereocenters. The molecule has 2 rings (SSSR count). The van der Waals surface area contributed by atoms with Gasteiger partial charge < -0.3 is 10.1 Å². The summed E-state index contributed by atoms with van der Waals surface area (Å²) in [7, 11) is 0. The Morgan fingerprint density at radius 1 is 1.21 bits per heavy atom. The topological polar surface area (TPSA) is 21.3 Å². The number of hydrogen-bond acceptors (Lipinski definition) is 2. The summed E-state index contributed by atoms with van der Waals surface area (Å²) in [5.74, 6) is 0. The minimum Gasteiger partial charge on any atom is -0.384 e. The van der Waals surface area contributed by atoms with Crippen LogP contribution in [0, 0.1) is 0 Å². The molecule has 0 saturated carbocycles. The third-order valence-corrected chi connectivity index (χ3v) is 2.14. The quantitative estimate of drug-likeness (QED) is 0.779. The van der Waals surface area contributed by atoms with E-state index in [4.69, 9.17) is 4.74 Å². The summed E-state index contributed by atoms with van der Waals surface area (Å²) < 4.78 is 4.83. The van der Waals surface area contributed by atoms with Gasteiger partial charge in [-0.1, -0.05) is 18.2 Å². The van der Waals surface area contributed by atoms with Crippen LogP contribution in [0.4, 0.5) is 5.69 Å². The third-order valence-electron chi connectivity index (χ3n) is 2.14. The average molecular weight is 193 g/mol. The largest absolute Gasteiger partial charge is 0.384 e. The van der Waals surface area contributed by atoms with Crippen LogP contribution in [0.3, 0.4) is 0 Å². The highest BCUT2D eigenvalue weighted by atomic mass is 16.5. The summed E-state index contributed by atoms with van der Waals surface area (Å²) in [5.41, 5.74) is 2.77. The van der Waals surface area contributed by atoms with E-state index in [1.165, 1.54) is 17.7 Å². The first kappa shape index (κ1) is 11.1. The van der Waals surface area contributed by atoms with Gasteiger partial charge in [0.25, 0.3) is 0 Å². The fourth-order valence-electron chi connectivity index (χ4n) is 1.45. The first-order chi connectivity index (χ1) is 6.88. The van der Waals surface area contributed by atoms with E-state index in [2.05, 4.69) is 29.6 Å². The molecule has 1 heterocycles. The van der Waals surface area contributed by atoms with E-state index in [1.54, 1.807) is 0 Å². The molecule has 1 aromatic rings. The van der Waals surface area contributed by atoms with E-state index in [0.717, 1.165) is 19.8 Å². The normalized spacial score (nSPS) is 12.4. The lowest BCUT2D eigenvalue weighted by Gasteiger charge is -1.94. The molecule has 2 heteroatoms. The van der Waals surface area contributed by atoms with E-state index in [-0.39, 0.29) is 0 Å². The maximum atomic E-state index is 4.83. The molecule has 1 N–H and O–H groups in total. The molecule has 0 unspecified atom stereocenters. The minimum atomic E-state index is 0.844. The Morgan fingerprint density at radius 2 is 1.93 bits per heavy atom. The average Bonchev–Trinajstić information content (AvgIpc) is 2.67. The Balaban J connectivity index is 0.000000171. The van der Waals surface area contributed by atoms with Crippen LogP contribution in [0.15, 0.2) is 24.3 Å². The summed E-state index contributed by atoms with van der Waals surface area (Å²) in [5, 5.41) is 3.30. The van der Waals surface area contributed by atoms with Crippen molar-refractivity contribution in [1.29, 1.82) is 0 Å². The molecular weight excluding hydrogens is 174 g/mol. The summed E-state index contributed by atoms with van der Waals surface area (Å²) in [6.45, 7) is 6.78. The first-order valence-electron chi connectivity index (χ1n) is 5.28. The summed E-state index contributed by atoms with van der Waals surface area (Å²) in [6, 6.07) is 8.46. The standard InChI is InChI=1S/C8H9N.C4H10O/c1-2-4-8-7(3-1)5-6-9-8;1-3-5-4-2/h1-4,9H,5-6H2;3-4H2,1-2H3. The molecule has 1 aliphatic heterocycles. The van der Waals surface area contributed by atoms with E-state index in [9.17, 15) is 0 Å². The fraction of sp³-hybridized carbons (Fsp3) is 0.500. The second-order valence-electron chi connectivity index (χ2n) is 3.12. The lowest BCUT2D eigenvalue weighted by atomic mass is 10.2. The number of hydrogen-bond donors (Lipinski definition) is 1. The molecule has 0 amide bonds. The molecule has 2 nitrogen and oxygen atoms in total. The number of anilines is 1. The van der Waals surface area contributed by atoms with Gasteiger partial charge in [0.1, 0.15) is 0 Å². The number of fused-ring (bicyclic) bond motifs is 1. The maximum Gasteiger partial charge on any atom is 0.0437 e. The van der Waals surface area contributed by atoms with E-state index < -0.39 is 0 Å². The van der Waals surface area contributed by atoms with Crippen LogP contribution in [0.25, 0.3) is 0 Å². The van der Waals surface area contributed by atoms with Crippen LogP contribution >= 0.6 is 0 Å². The minimum absolute atomic E-state index is 0.844. The highest BCUT2D eigenvalue weighted by molar-refractivity contribution is 5.54. The summed E-state index contributed by atoms with van der Waals surface area (Å²) in [4.78, 5) is 0. The zero-order valence-electron chi connectivity index (χ0n) is 9.05. The van der Waals surface area contributed by atoms with Gasteiger partial charge in [-0.25, -0.2) is 0 Å². The van der Waals surface area contributed by atoms with Gasteiger partial charge in [0.15, 0.2) is 0 Å². The smallest absolute Gasteiger partial charge is 0.0437 e. The Bertz CT molecular complexity index is 235. The Hall–Kier alpha value is -1.02. The predicted octanol–water partition coefficient (Wildman–Crippen LogP) is 2.70. The molecule has 14 heavy (non-hydrogen) atoms. The Morgan fingerprint density at radius 3 is 2.50 bits per heavy atom. The van der Waals surface area contributed by atoms with Crippen molar-refractivity contribution < 1.29 is 4.74 Å². The van der Waals surface area contributed by atoms with Crippen molar-refractivity contribution in [3.05, 3.63) is 29.8 Å². The van der Waals surface area contributed by atoms with Gasteiger partial charge in [-0.05, 0) is 31.9 Å². The molecule has 0 aliphatic carbocycles. The van der Waals surface area contributed by atoms with Crippen molar-refractivity contribution in [3.8, 4) is 0 Å². The van der Waals surface area contributed by atoms with E-state index >= 15 is 0 Å². The molecule has 1 aliphatic rings. The SMILES string of the molecule is CCOCC.c1ccc2c(c1)CCN2. The number of nitrogens with one attached hydrogen (secondary N) is 1. The van der Waals surface area contributed by atoms with Gasteiger partial charge in [-0.15, -0.1) is 0 Å². The van der Waals surface area contributed by atoms with Gasteiger partial charge in [0.2, 0.25) is 0 Å². The Kier molecular flexibility index (Phi) is 5.08. The predicted molar refractivity (Wildman–Crippen MR) is 60.8 cm³/mol. The Labute approximate surface area is 86.3 Å². The van der Waals surface area contributed by atoms with Crippen molar-refractivity contribution in [3.63, 3.8) is 0 Å². The summed E-state index contributed by atoms with van der Waals surface area (Å²) in [6.07, 6.45) is 1.19. The molecule has 0 fully saturated rings. The van der Waals surface area contributed by atoms with Crippen LogP contribution in [-0.4, -0.2) is 19.8 Å². The highest BCUT2D eigenvalue weighted by Gasteiger charge is 2.05. The van der Waals surface area contributed by atoms with Gasteiger partial charge in [0, 0.05) is 25.4 Å². The zero-order valence-corrected chi connectivity index (χ0v) is 9.05. The van der Waals surface area contributed by atoms with Gasteiger partial charge in [-0.2, -0.15) is 0 Å². The molecule has 0 aromatic heterocycles. The fourth-order valence-corrected chi connectivity index (χ4v) is 1.45. The van der Waals surface area contributed by atoms with Crippen molar-refractivity contribution in [2.45, 2.75) is 20.3 Å². The molecule has 1 aromatic carbocycles. The van der Waals surface area contributed by atoms with Crippen LogP contribution in [0.1, 0.15) is 19.4 Å². The lowest BCUT2D eigenvalue weighted by molar-refractivity contribution is 0.162. The van der Waals surface area contributed by atoms with Gasteiger partial charge in [0.05, 0.1) is 0 Å². The molecule has 0 saturated heterocycles. The third kappa shape index (κ3) is 3.38. The lowest BCUT2D eigenvalue weighted by Crippen LogP contribution is -1.90. The molecular formula is C12H19NO. The molecule has 0 spiro atoms. The zero-order chi connectivity index (χ0) is 10.2. The van der Waals surface area contributed by atoms with Crippen molar-refractivity contribution in [2.24, 2.45) is 0 Å². The number of rotatable bonds is 2. The highest BCUT2D eigenvalue weighted by Crippen LogP contribution is 2.19. The van der Waals surface area contributed by atoms with Crippen molar-refractivity contribution >= 4 is 5.69 Å². The second-order valence-corrected chi connectivity index (χ2v) is 3.12. The maximum absolute atomic E-state index is 4.83. The van der Waals surface area contributed by atoms with Crippen molar-refractivity contribution in [2.75, 3.05) is 25.1 Å². The number of ether oxygens (including phenoxy) is 1. The second kappa shape index (κ2) is 6.44. The van der Waals surface area contributed by atoms with Crippen LogP contribution in [-0.2, 0) is 11.2 Å². The summed E-state index contributed by atoms with van der Waals surface area (Å²) >= 11 is 0. The van der Waals surface area contributed by atoms with Crippen LogP contribution < -0.4 is 5.32 Å². The van der Waals surface area contributed by atoms with Gasteiger partial charge >= 0.3 is 0 Å². The molecule has 0 radical (unpaired) electrons. The monoisotopic (exact) mass is 193 g/mol. The van der Waals surface area contributed by atoms with Gasteiger partial charge in [-0.3, -0.25) is 0 Å². The molecule has 78 valence electrons. The van der Waals surface area contributed by atoms with E-state index in [1.807, 2.05) is 13.8 Å². The number of para-hydroxylation sites is 1. The van der Waals surface area contributed by atoms with E-state index in [0.29, 0.717) is 0 Å².